The lowest BCUT2D eigenvalue weighted by Gasteiger charge is -2.10. The van der Waals surface area contributed by atoms with Crippen LogP contribution in [0.5, 0.6) is 0 Å². The predicted molar refractivity (Wildman–Crippen MR) is 72.8 cm³/mol. The molecule has 4 nitrogen and oxygen atoms in total. The number of nitrogens with one attached hydrogen (secondary N) is 2. The van der Waals surface area contributed by atoms with Gasteiger partial charge in [-0.2, -0.15) is 0 Å². The molecule has 1 amide bonds. The molecule has 1 saturated carbocycles. The largest absolute Gasteiger partial charge is 0.387 e. The summed E-state index contributed by atoms with van der Waals surface area (Å²) in [6, 6.07) is 2.26. The van der Waals surface area contributed by atoms with Crippen molar-refractivity contribution in [3.8, 4) is 0 Å². The number of aromatic nitrogens is 1. The molecule has 1 heterocycles. The van der Waals surface area contributed by atoms with Crippen molar-refractivity contribution in [3.63, 3.8) is 0 Å². The summed E-state index contributed by atoms with van der Waals surface area (Å²) in [5.41, 5.74) is 2.38. The maximum atomic E-state index is 12.1. The Labute approximate surface area is 108 Å². The van der Waals surface area contributed by atoms with Crippen molar-refractivity contribution >= 4 is 11.6 Å². The zero-order valence-corrected chi connectivity index (χ0v) is 11.3. The average Bonchev–Trinajstić information content (AvgIpc) is 3.07. The highest BCUT2D eigenvalue weighted by Gasteiger charge is 2.37. The van der Waals surface area contributed by atoms with Crippen LogP contribution in [0.1, 0.15) is 42.2 Å². The first-order chi connectivity index (χ1) is 8.65. The molecule has 0 spiro atoms. The summed E-state index contributed by atoms with van der Waals surface area (Å²) in [6.45, 7) is 4.10. The third kappa shape index (κ3) is 2.81. The number of carbonyl (C=O) groups excluding carboxylic acids is 1. The molecule has 98 valence electrons. The van der Waals surface area contributed by atoms with Gasteiger partial charge in [0, 0.05) is 25.0 Å². The van der Waals surface area contributed by atoms with Crippen LogP contribution < -0.4 is 10.6 Å². The second kappa shape index (κ2) is 5.38. The van der Waals surface area contributed by atoms with E-state index in [4.69, 9.17) is 0 Å². The van der Waals surface area contributed by atoms with Crippen molar-refractivity contribution in [3.05, 3.63) is 23.5 Å². The fourth-order valence-electron chi connectivity index (χ4n) is 2.31. The first-order valence-corrected chi connectivity index (χ1v) is 6.61. The molecule has 0 bridgehead atoms. The van der Waals surface area contributed by atoms with E-state index in [2.05, 4.69) is 22.5 Å². The molecular weight excluding hydrogens is 226 g/mol. The predicted octanol–water partition coefficient (Wildman–Crippen LogP) is 2.35. The van der Waals surface area contributed by atoms with Crippen LogP contribution in [-0.2, 0) is 0 Å². The molecule has 0 aromatic carbocycles. The minimum atomic E-state index is -0.0181. The van der Waals surface area contributed by atoms with Crippen LogP contribution in [0.25, 0.3) is 0 Å². The molecule has 2 atom stereocenters. The van der Waals surface area contributed by atoms with E-state index in [1.165, 1.54) is 12.8 Å². The van der Waals surface area contributed by atoms with E-state index in [1.807, 2.05) is 20.0 Å². The summed E-state index contributed by atoms with van der Waals surface area (Å²) in [4.78, 5) is 16.3. The average molecular weight is 247 g/mol. The molecular formula is C14H21N3O. The van der Waals surface area contributed by atoms with Crippen molar-refractivity contribution in [2.45, 2.75) is 39.2 Å². The molecule has 2 N–H and O–H groups in total. The van der Waals surface area contributed by atoms with Crippen molar-refractivity contribution in [2.24, 2.45) is 5.92 Å². The molecule has 1 aromatic heterocycles. The van der Waals surface area contributed by atoms with Crippen molar-refractivity contribution in [1.82, 2.24) is 10.3 Å². The number of hydrogen-bond donors (Lipinski definition) is 2. The Balaban J connectivity index is 2.01. The number of hydrogen-bond acceptors (Lipinski definition) is 3. The third-order valence-corrected chi connectivity index (χ3v) is 3.45. The number of amides is 1. The van der Waals surface area contributed by atoms with Gasteiger partial charge in [0.15, 0.2) is 0 Å². The highest BCUT2D eigenvalue weighted by Crippen LogP contribution is 2.34. The Bertz CT molecular complexity index is 445. The molecule has 4 heteroatoms. The summed E-state index contributed by atoms with van der Waals surface area (Å²) < 4.78 is 0. The Hall–Kier alpha value is -1.58. The van der Waals surface area contributed by atoms with Crippen LogP contribution in [0.3, 0.4) is 0 Å². The second-order valence-electron chi connectivity index (χ2n) is 4.99. The summed E-state index contributed by atoms with van der Waals surface area (Å²) in [7, 11) is 1.82. The molecule has 2 unspecified atom stereocenters. The number of carbonyl (C=O) groups is 1. The van der Waals surface area contributed by atoms with Crippen LogP contribution in [0.2, 0.25) is 0 Å². The third-order valence-electron chi connectivity index (χ3n) is 3.45. The number of anilines is 1. The quantitative estimate of drug-likeness (QED) is 0.839. The standard InChI is InChI=1S/C14H21N3O/c1-4-5-10-7-12(10)17-14(18)11-8-16-9(2)6-13(11)15-3/h6,8,10,12H,4-5,7H2,1-3H3,(H,15,16)(H,17,18). The van der Waals surface area contributed by atoms with E-state index in [9.17, 15) is 4.79 Å². The second-order valence-corrected chi connectivity index (χ2v) is 4.99. The molecule has 1 fully saturated rings. The van der Waals surface area contributed by atoms with Gasteiger partial charge in [-0.25, -0.2) is 0 Å². The molecule has 1 aromatic rings. The summed E-state index contributed by atoms with van der Waals surface area (Å²) in [5.74, 6) is 0.658. The summed E-state index contributed by atoms with van der Waals surface area (Å²) in [6.07, 6.45) is 5.16. The van der Waals surface area contributed by atoms with Crippen LogP contribution in [-0.4, -0.2) is 24.0 Å². The van der Waals surface area contributed by atoms with Gasteiger partial charge in [0.2, 0.25) is 0 Å². The monoisotopic (exact) mass is 247 g/mol. The summed E-state index contributed by atoms with van der Waals surface area (Å²) >= 11 is 0. The van der Waals surface area contributed by atoms with E-state index in [0.29, 0.717) is 17.5 Å². The van der Waals surface area contributed by atoms with Gasteiger partial charge >= 0.3 is 0 Å². The molecule has 1 aliphatic rings. The highest BCUT2D eigenvalue weighted by atomic mass is 16.1. The lowest BCUT2D eigenvalue weighted by molar-refractivity contribution is 0.0949. The van der Waals surface area contributed by atoms with E-state index < -0.39 is 0 Å². The first-order valence-electron chi connectivity index (χ1n) is 6.61. The highest BCUT2D eigenvalue weighted by molar-refractivity contribution is 5.99. The van der Waals surface area contributed by atoms with Gasteiger partial charge in [-0.1, -0.05) is 13.3 Å². The number of pyridine rings is 1. The van der Waals surface area contributed by atoms with Crippen molar-refractivity contribution in [2.75, 3.05) is 12.4 Å². The van der Waals surface area contributed by atoms with Crippen LogP contribution in [0.15, 0.2) is 12.3 Å². The molecule has 1 aliphatic carbocycles. The molecule has 2 rings (SSSR count). The smallest absolute Gasteiger partial charge is 0.255 e. The SMILES string of the molecule is CCCC1CC1NC(=O)c1cnc(C)cc1NC. The zero-order chi connectivity index (χ0) is 13.1. The minimum Gasteiger partial charge on any atom is -0.387 e. The Morgan fingerprint density at radius 2 is 2.33 bits per heavy atom. The first kappa shape index (κ1) is 12.9. The summed E-state index contributed by atoms with van der Waals surface area (Å²) in [5, 5.41) is 6.13. The van der Waals surface area contributed by atoms with Gasteiger partial charge in [-0.15, -0.1) is 0 Å². The topological polar surface area (TPSA) is 54.0 Å². The molecule has 18 heavy (non-hydrogen) atoms. The Morgan fingerprint density at radius 1 is 1.56 bits per heavy atom. The van der Waals surface area contributed by atoms with Crippen molar-refractivity contribution < 1.29 is 4.79 Å². The number of nitrogens with zero attached hydrogens (tertiary/aromatic N) is 1. The normalized spacial score (nSPS) is 21.5. The van der Waals surface area contributed by atoms with E-state index >= 15 is 0 Å². The maximum absolute atomic E-state index is 12.1. The zero-order valence-electron chi connectivity index (χ0n) is 11.3. The van der Waals surface area contributed by atoms with Gasteiger partial charge in [0.1, 0.15) is 0 Å². The molecule has 0 radical (unpaired) electrons. The van der Waals surface area contributed by atoms with E-state index in [0.717, 1.165) is 17.8 Å². The lowest BCUT2D eigenvalue weighted by Crippen LogP contribution is -2.27. The van der Waals surface area contributed by atoms with Crippen LogP contribution in [0.4, 0.5) is 5.69 Å². The van der Waals surface area contributed by atoms with E-state index in [-0.39, 0.29) is 5.91 Å². The van der Waals surface area contributed by atoms with Crippen LogP contribution in [0, 0.1) is 12.8 Å². The van der Waals surface area contributed by atoms with Gasteiger partial charge in [-0.3, -0.25) is 9.78 Å². The molecule has 0 saturated heterocycles. The van der Waals surface area contributed by atoms with Crippen molar-refractivity contribution in [1.29, 1.82) is 0 Å². The van der Waals surface area contributed by atoms with Crippen LogP contribution >= 0.6 is 0 Å². The minimum absolute atomic E-state index is 0.0181. The Kier molecular flexibility index (Phi) is 3.84. The Morgan fingerprint density at radius 3 is 3.00 bits per heavy atom. The van der Waals surface area contributed by atoms with Gasteiger partial charge in [0.25, 0.3) is 5.91 Å². The van der Waals surface area contributed by atoms with E-state index in [1.54, 1.807) is 6.20 Å². The fraction of sp³-hybridized carbons (Fsp3) is 0.571. The van der Waals surface area contributed by atoms with Gasteiger partial charge in [0.05, 0.1) is 11.3 Å². The lowest BCUT2D eigenvalue weighted by atomic mass is 10.2. The fourth-order valence-corrected chi connectivity index (χ4v) is 2.31. The van der Waals surface area contributed by atoms with Gasteiger partial charge < -0.3 is 10.6 Å². The van der Waals surface area contributed by atoms with Gasteiger partial charge in [-0.05, 0) is 31.7 Å². The maximum Gasteiger partial charge on any atom is 0.255 e. The molecule has 0 aliphatic heterocycles. The number of rotatable bonds is 5. The number of aryl methyl sites for hydroxylation is 1.